The molecule has 0 aliphatic carbocycles. The quantitative estimate of drug-likeness (QED) is 0.940. The van der Waals surface area contributed by atoms with Crippen LogP contribution in [-0.2, 0) is 4.79 Å². The molecule has 124 valence electrons. The van der Waals surface area contributed by atoms with Gasteiger partial charge in [0, 0.05) is 17.8 Å². The molecular formula is C19H19FN2O2. The highest BCUT2D eigenvalue weighted by molar-refractivity contribution is 6.01. The Hall–Kier alpha value is -2.69. The zero-order valence-corrected chi connectivity index (χ0v) is 13.5. The Bertz CT molecular complexity index is 758. The molecule has 0 spiro atoms. The lowest BCUT2D eigenvalue weighted by molar-refractivity contribution is -0.119. The summed E-state index contributed by atoms with van der Waals surface area (Å²) in [6.07, 6.45) is 1.41. The summed E-state index contributed by atoms with van der Waals surface area (Å²) in [5.74, 6) is -0.813. The number of hydrogen-bond acceptors (Lipinski definition) is 2. The van der Waals surface area contributed by atoms with Crippen molar-refractivity contribution in [1.29, 1.82) is 0 Å². The van der Waals surface area contributed by atoms with Crippen molar-refractivity contribution in [2.75, 3.05) is 11.9 Å². The van der Waals surface area contributed by atoms with Gasteiger partial charge in [-0.15, -0.1) is 0 Å². The van der Waals surface area contributed by atoms with Gasteiger partial charge in [-0.2, -0.15) is 0 Å². The Morgan fingerprint density at radius 3 is 2.62 bits per heavy atom. The van der Waals surface area contributed by atoms with Crippen molar-refractivity contribution in [3.63, 3.8) is 0 Å². The lowest BCUT2D eigenvalue weighted by Gasteiger charge is -2.24. The highest BCUT2D eigenvalue weighted by Crippen LogP contribution is 2.22. The number of nitrogens with zero attached hydrogens (tertiary/aromatic N) is 1. The molecule has 1 fully saturated rings. The molecule has 1 aliphatic heterocycles. The summed E-state index contributed by atoms with van der Waals surface area (Å²) in [7, 11) is 0. The zero-order valence-electron chi connectivity index (χ0n) is 13.5. The van der Waals surface area contributed by atoms with E-state index in [0.717, 1.165) is 17.7 Å². The molecule has 5 heteroatoms. The van der Waals surface area contributed by atoms with Gasteiger partial charge < -0.3 is 10.2 Å². The van der Waals surface area contributed by atoms with E-state index in [4.69, 9.17) is 0 Å². The molecule has 0 radical (unpaired) electrons. The van der Waals surface area contributed by atoms with Crippen LogP contribution in [0.2, 0.25) is 0 Å². The first kappa shape index (κ1) is 16.2. The van der Waals surface area contributed by atoms with E-state index >= 15 is 0 Å². The van der Waals surface area contributed by atoms with Crippen molar-refractivity contribution in [3.05, 3.63) is 65.5 Å². The summed E-state index contributed by atoms with van der Waals surface area (Å²) in [6, 6.07) is 12.5. The molecule has 0 aromatic heterocycles. The minimum atomic E-state index is -0.497. The Balaban J connectivity index is 1.73. The fraction of sp³-hybridized carbons (Fsp3) is 0.263. The number of halogens is 1. The van der Waals surface area contributed by atoms with E-state index in [0.29, 0.717) is 18.5 Å². The van der Waals surface area contributed by atoms with Crippen LogP contribution in [0.1, 0.15) is 28.8 Å². The average Bonchev–Trinajstić information content (AvgIpc) is 3.04. The topological polar surface area (TPSA) is 49.4 Å². The van der Waals surface area contributed by atoms with E-state index in [9.17, 15) is 14.0 Å². The predicted molar refractivity (Wildman–Crippen MR) is 90.3 cm³/mol. The van der Waals surface area contributed by atoms with Gasteiger partial charge in [0.25, 0.3) is 5.91 Å². The number of aryl methyl sites for hydroxylation is 1. The number of benzene rings is 2. The number of nitrogens with one attached hydrogen (secondary N) is 1. The standard InChI is InChI=1S/C19H19FN2O2/c1-13-4-2-5-16(12-13)21-18(23)17-6-3-11-22(17)19(24)14-7-9-15(20)10-8-14/h2,4-5,7-10,12,17H,3,6,11H2,1H3,(H,21,23). The van der Waals surface area contributed by atoms with Gasteiger partial charge in [-0.05, 0) is 61.7 Å². The third-order valence-electron chi connectivity index (χ3n) is 4.19. The van der Waals surface area contributed by atoms with Crippen molar-refractivity contribution < 1.29 is 14.0 Å². The molecular weight excluding hydrogens is 307 g/mol. The molecule has 2 amide bonds. The zero-order chi connectivity index (χ0) is 17.1. The predicted octanol–water partition coefficient (Wildman–Crippen LogP) is 3.38. The molecule has 3 rings (SSSR count). The van der Waals surface area contributed by atoms with E-state index in [2.05, 4.69) is 5.32 Å². The summed E-state index contributed by atoms with van der Waals surface area (Å²) in [5, 5.41) is 2.88. The molecule has 2 aromatic carbocycles. The van der Waals surface area contributed by atoms with Crippen molar-refractivity contribution >= 4 is 17.5 Å². The van der Waals surface area contributed by atoms with Crippen LogP contribution in [0.3, 0.4) is 0 Å². The van der Waals surface area contributed by atoms with Gasteiger partial charge >= 0.3 is 0 Å². The molecule has 24 heavy (non-hydrogen) atoms. The fourth-order valence-electron chi connectivity index (χ4n) is 2.99. The first-order valence-electron chi connectivity index (χ1n) is 7.98. The average molecular weight is 326 g/mol. The lowest BCUT2D eigenvalue weighted by Crippen LogP contribution is -2.43. The maximum Gasteiger partial charge on any atom is 0.254 e. The van der Waals surface area contributed by atoms with E-state index in [1.54, 1.807) is 4.90 Å². The molecule has 1 aliphatic rings. The normalized spacial score (nSPS) is 16.9. The Morgan fingerprint density at radius 2 is 1.92 bits per heavy atom. The van der Waals surface area contributed by atoms with Crippen molar-refractivity contribution in [2.24, 2.45) is 0 Å². The van der Waals surface area contributed by atoms with Crippen LogP contribution >= 0.6 is 0 Å². The highest BCUT2D eigenvalue weighted by atomic mass is 19.1. The molecule has 1 unspecified atom stereocenters. The molecule has 0 bridgehead atoms. The van der Waals surface area contributed by atoms with Crippen molar-refractivity contribution in [3.8, 4) is 0 Å². The Kier molecular flexibility index (Phi) is 4.60. The van der Waals surface area contributed by atoms with Crippen LogP contribution in [0.4, 0.5) is 10.1 Å². The van der Waals surface area contributed by atoms with Gasteiger partial charge in [0.05, 0.1) is 0 Å². The second-order valence-corrected chi connectivity index (χ2v) is 6.02. The second kappa shape index (κ2) is 6.83. The number of carbonyl (C=O) groups is 2. The summed E-state index contributed by atoms with van der Waals surface area (Å²) < 4.78 is 13.0. The maximum absolute atomic E-state index is 13.0. The van der Waals surface area contributed by atoms with Crippen LogP contribution < -0.4 is 5.32 Å². The van der Waals surface area contributed by atoms with Gasteiger partial charge in [0.2, 0.25) is 5.91 Å². The van der Waals surface area contributed by atoms with Gasteiger partial charge in [0.15, 0.2) is 0 Å². The summed E-state index contributed by atoms with van der Waals surface area (Å²) in [5.41, 5.74) is 2.17. The number of rotatable bonds is 3. The highest BCUT2D eigenvalue weighted by Gasteiger charge is 2.34. The smallest absolute Gasteiger partial charge is 0.254 e. The van der Waals surface area contributed by atoms with Crippen LogP contribution in [0.5, 0.6) is 0 Å². The third-order valence-corrected chi connectivity index (χ3v) is 4.19. The number of hydrogen-bond donors (Lipinski definition) is 1. The minimum absolute atomic E-state index is 0.187. The van der Waals surface area contributed by atoms with Gasteiger partial charge in [-0.1, -0.05) is 12.1 Å². The first-order valence-corrected chi connectivity index (χ1v) is 7.98. The van der Waals surface area contributed by atoms with Crippen molar-refractivity contribution in [2.45, 2.75) is 25.8 Å². The Labute approximate surface area is 140 Å². The molecule has 1 N–H and O–H groups in total. The van der Waals surface area contributed by atoms with Gasteiger partial charge in [0.1, 0.15) is 11.9 Å². The van der Waals surface area contributed by atoms with E-state index in [1.165, 1.54) is 24.3 Å². The molecule has 1 heterocycles. The number of anilines is 1. The van der Waals surface area contributed by atoms with Gasteiger partial charge in [-0.25, -0.2) is 4.39 Å². The SMILES string of the molecule is Cc1cccc(NC(=O)C2CCCN2C(=O)c2ccc(F)cc2)c1. The number of likely N-dealkylation sites (tertiary alicyclic amines) is 1. The lowest BCUT2D eigenvalue weighted by atomic mass is 10.1. The Morgan fingerprint density at radius 1 is 1.17 bits per heavy atom. The fourth-order valence-corrected chi connectivity index (χ4v) is 2.99. The first-order chi connectivity index (χ1) is 11.5. The van der Waals surface area contributed by atoms with Crippen LogP contribution in [0.15, 0.2) is 48.5 Å². The second-order valence-electron chi connectivity index (χ2n) is 6.02. The minimum Gasteiger partial charge on any atom is -0.327 e. The van der Waals surface area contributed by atoms with Crippen LogP contribution in [-0.4, -0.2) is 29.3 Å². The summed E-state index contributed by atoms with van der Waals surface area (Å²) >= 11 is 0. The summed E-state index contributed by atoms with van der Waals surface area (Å²) in [6.45, 7) is 2.48. The van der Waals surface area contributed by atoms with E-state index < -0.39 is 6.04 Å². The molecule has 2 aromatic rings. The van der Waals surface area contributed by atoms with Crippen LogP contribution in [0, 0.1) is 12.7 Å². The number of amides is 2. The molecule has 1 saturated heterocycles. The molecule has 4 nitrogen and oxygen atoms in total. The number of carbonyl (C=O) groups excluding carboxylic acids is 2. The maximum atomic E-state index is 13.0. The van der Waals surface area contributed by atoms with Crippen molar-refractivity contribution in [1.82, 2.24) is 4.90 Å². The monoisotopic (exact) mass is 326 g/mol. The molecule has 1 atom stereocenters. The summed E-state index contributed by atoms with van der Waals surface area (Å²) in [4.78, 5) is 26.7. The van der Waals surface area contributed by atoms with E-state index in [-0.39, 0.29) is 17.6 Å². The molecule has 0 saturated carbocycles. The third kappa shape index (κ3) is 3.45. The van der Waals surface area contributed by atoms with Gasteiger partial charge in [-0.3, -0.25) is 9.59 Å². The largest absolute Gasteiger partial charge is 0.327 e. The van der Waals surface area contributed by atoms with Crippen LogP contribution in [0.25, 0.3) is 0 Å². The van der Waals surface area contributed by atoms with E-state index in [1.807, 2.05) is 31.2 Å².